The molecule has 0 bridgehead atoms. The summed E-state index contributed by atoms with van der Waals surface area (Å²) in [5.74, 6) is 0. The molecule has 0 aliphatic carbocycles. The Bertz CT molecular complexity index is 566. The molecule has 0 amide bonds. The number of aromatic nitrogens is 2. The molecule has 0 saturated heterocycles. The lowest BCUT2D eigenvalue weighted by Crippen LogP contribution is -1.89. The molecule has 3 aromatic heterocycles. The average Bonchev–Trinajstić information content (AvgIpc) is 3.02. The molecule has 0 N–H and O–H groups in total. The van der Waals surface area contributed by atoms with Crippen molar-refractivity contribution in [2.24, 2.45) is 0 Å². The van der Waals surface area contributed by atoms with E-state index in [9.17, 15) is 0 Å². The van der Waals surface area contributed by atoms with Crippen molar-refractivity contribution in [2.75, 3.05) is 0 Å². The van der Waals surface area contributed by atoms with Crippen LogP contribution in [0.1, 0.15) is 0 Å². The maximum atomic E-state index is 5.97. The summed E-state index contributed by atoms with van der Waals surface area (Å²) < 4.78 is 0. The highest BCUT2D eigenvalue weighted by atomic mass is 35.5. The van der Waals surface area contributed by atoms with Crippen molar-refractivity contribution in [1.82, 2.24) is 9.97 Å². The third kappa shape index (κ3) is 2.24. The van der Waals surface area contributed by atoms with Gasteiger partial charge in [0.15, 0.2) is 0 Å². The lowest BCUT2D eigenvalue weighted by atomic mass is 10.1. The summed E-state index contributed by atoms with van der Waals surface area (Å²) in [4.78, 5) is 8.50. The van der Waals surface area contributed by atoms with Gasteiger partial charge in [0, 0.05) is 21.9 Å². The Morgan fingerprint density at radius 1 is 0.882 bits per heavy atom. The molecule has 3 aromatic rings. The van der Waals surface area contributed by atoms with Crippen LogP contribution in [0.3, 0.4) is 0 Å². The van der Waals surface area contributed by atoms with Gasteiger partial charge >= 0.3 is 0 Å². The van der Waals surface area contributed by atoms with Gasteiger partial charge in [-0.05, 0) is 40.6 Å². The normalized spacial score (nSPS) is 10.6. The Morgan fingerprint density at radius 2 is 1.41 bits per heavy atom. The largest absolute Gasteiger partial charge is 0.223 e. The summed E-state index contributed by atoms with van der Waals surface area (Å²) >= 11 is 9.25. The van der Waals surface area contributed by atoms with Crippen molar-refractivity contribution in [3.8, 4) is 22.5 Å². The first-order chi connectivity index (χ1) is 8.33. The molecule has 3 heterocycles. The minimum Gasteiger partial charge on any atom is -0.218 e. The number of hydrogen-bond acceptors (Lipinski definition) is 4. The number of rotatable bonds is 2. The van der Waals surface area contributed by atoms with Gasteiger partial charge in [-0.15, -0.1) is 0 Å². The van der Waals surface area contributed by atoms with Crippen molar-refractivity contribution in [2.45, 2.75) is 0 Å². The van der Waals surface area contributed by atoms with E-state index in [1.165, 1.54) is 0 Å². The minimum atomic E-state index is 0.287. The van der Waals surface area contributed by atoms with Crippen LogP contribution in [0, 0.1) is 0 Å². The number of hydrogen-bond donors (Lipinski definition) is 0. The Hall–Kier alpha value is -1.23. The molecule has 0 fully saturated rings. The molecule has 0 atom stereocenters. The van der Waals surface area contributed by atoms with E-state index in [2.05, 4.69) is 20.7 Å². The van der Waals surface area contributed by atoms with E-state index >= 15 is 0 Å². The SMILES string of the molecule is Clc1nc(-c2ccsc2)cc(-c2ccsc2)n1. The van der Waals surface area contributed by atoms with Crippen LogP contribution < -0.4 is 0 Å². The molecule has 0 aliphatic rings. The van der Waals surface area contributed by atoms with Crippen LogP contribution >= 0.6 is 34.3 Å². The zero-order valence-corrected chi connectivity index (χ0v) is 11.0. The molecule has 2 nitrogen and oxygen atoms in total. The Balaban J connectivity index is 2.13. The van der Waals surface area contributed by atoms with Crippen LogP contribution in [0.2, 0.25) is 5.28 Å². The van der Waals surface area contributed by atoms with Crippen LogP contribution in [-0.2, 0) is 0 Å². The first kappa shape index (κ1) is 10.9. The third-order valence-corrected chi connectivity index (χ3v) is 3.87. The molecular formula is C12H7ClN2S2. The zero-order valence-electron chi connectivity index (χ0n) is 8.63. The summed E-state index contributed by atoms with van der Waals surface area (Å²) in [5.41, 5.74) is 3.89. The summed E-state index contributed by atoms with van der Waals surface area (Å²) in [7, 11) is 0. The van der Waals surface area contributed by atoms with E-state index in [-0.39, 0.29) is 5.28 Å². The highest BCUT2D eigenvalue weighted by Crippen LogP contribution is 2.27. The molecule has 0 spiro atoms. The fraction of sp³-hybridized carbons (Fsp3) is 0. The molecule has 84 valence electrons. The van der Waals surface area contributed by atoms with E-state index < -0.39 is 0 Å². The van der Waals surface area contributed by atoms with Gasteiger partial charge in [-0.2, -0.15) is 22.7 Å². The van der Waals surface area contributed by atoms with Gasteiger partial charge in [0.05, 0.1) is 11.4 Å². The van der Waals surface area contributed by atoms with Crippen molar-refractivity contribution in [3.05, 3.63) is 45.0 Å². The second kappa shape index (κ2) is 4.56. The topological polar surface area (TPSA) is 25.8 Å². The zero-order chi connectivity index (χ0) is 11.7. The number of halogens is 1. The van der Waals surface area contributed by atoms with Gasteiger partial charge in [-0.25, -0.2) is 9.97 Å². The second-order valence-electron chi connectivity index (χ2n) is 3.43. The summed E-state index contributed by atoms with van der Waals surface area (Å²) in [6.07, 6.45) is 0. The van der Waals surface area contributed by atoms with E-state index in [4.69, 9.17) is 11.6 Å². The van der Waals surface area contributed by atoms with E-state index in [1.807, 2.05) is 29.0 Å². The van der Waals surface area contributed by atoms with Gasteiger partial charge in [-0.3, -0.25) is 0 Å². The van der Waals surface area contributed by atoms with Crippen LogP contribution in [-0.4, -0.2) is 9.97 Å². The van der Waals surface area contributed by atoms with Crippen molar-refractivity contribution < 1.29 is 0 Å². The summed E-state index contributed by atoms with van der Waals surface area (Å²) in [6.45, 7) is 0. The van der Waals surface area contributed by atoms with E-state index in [1.54, 1.807) is 22.7 Å². The van der Waals surface area contributed by atoms with Crippen molar-refractivity contribution in [1.29, 1.82) is 0 Å². The predicted octanol–water partition coefficient (Wildman–Crippen LogP) is 4.59. The molecule has 3 rings (SSSR count). The fourth-order valence-electron chi connectivity index (χ4n) is 1.53. The molecule has 5 heteroatoms. The van der Waals surface area contributed by atoms with Gasteiger partial charge < -0.3 is 0 Å². The lowest BCUT2D eigenvalue weighted by Gasteiger charge is -2.02. The monoisotopic (exact) mass is 278 g/mol. The highest BCUT2D eigenvalue weighted by molar-refractivity contribution is 7.08. The van der Waals surface area contributed by atoms with Crippen LogP contribution in [0.5, 0.6) is 0 Å². The highest BCUT2D eigenvalue weighted by Gasteiger charge is 2.07. The van der Waals surface area contributed by atoms with E-state index in [0.29, 0.717) is 0 Å². The Labute approximate surface area is 112 Å². The fourth-order valence-corrected chi connectivity index (χ4v) is 3.02. The lowest BCUT2D eigenvalue weighted by molar-refractivity contribution is 1.18. The summed E-state index contributed by atoms with van der Waals surface area (Å²) in [5, 5.41) is 8.44. The molecule has 17 heavy (non-hydrogen) atoms. The third-order valence-electron chi connectivity index (χ3n) is 2.33. The second-order valence-corrected chi connectivity index (χ2v) is 5.33. The van der Waals surface area contributed by atoms with Crippen LogP contribution in [0.15, 0.2) is 39.7 Å². The Morgan fingerprint density at radius 3 is 1.82 bits per heavy atom. The van der Waals surface area contributed by atoms with Crippen LogP contribution in [0.4, 0.5) is 0 Å². The van der Waals surface area contributed by atoms with Crippen molar-refractivity contribution in [3.63, 3.8) is 0 Å². The van der Waals surface area contributed by atoms with Gasteiger partial charge in [0.25, 0.3) is 0 Å². The van der Waals surface area contributed by atoms with Crippen molar-refractivity contribution >= 4 is 34.3 Å². The maximum Gasteiger partial charge on any atom is 0.223 e. The summed E-state index contributed by atoms with van der Waals surface area (Å²) in [6, 6.07) is 6.03. The maximum absolute atomic E-state index is 5.97. The predicted molar refractivity (Wildman–Crippen MR) is 73.7 cm³/mol. The van der Waals surface area contributed by atoms with Crippen LogP contribution in [0.25, 0.3) is 22.5 Å². The molecule has 0 radical (unpaired) electrons. The van der Waals surface area contributed by atoms with Gasteiger partial charge in [0.2, 0.25) is 5.28 Å². The molecular weight excluding hydrogens is 272 g/mol. The molecule has 0 aromatic carbocycles. The molecule has 0 aliphatic heterocycles. The Kier molecular flexibility index (Phi) is 2.93. The number of nitrogens with zero attached hydrogens (tertiary/aromatic N) is 2. The molecule has 0 saturated carbocycles. The minimum absolute atomic E-state index is 0.287. The van der Waals surface area contributed by atoms with Gasteiger partial charge in [-0.1, -0.05) is 0 Å². The number of thiophene rings is 2. The first-order valence-electron chi connectivity index (χ1n) is 4.92. The first-order valence-corrected chi connectivity index (χ1v) is 7.19. The van der Waals surface area contributed by atoms with E-state index in [0.717, 1.165) is 22.5 Å². The standard InChI is InChI=1S/C12H7ClN2S2/c13-12-14-10(8-1-3-16-6-8)5-11(15-12)9-2-4-17-7-9/h1-7H. The van der Waals surface area contributed by atoms with Gasteiger partial charge in [0.1, 0.15) is 0 Å². The quantitative estimate of drug-likeness (QED) is 0.641. The molecule has 0 unspecified atom stereocenters. The average molecular weight is 279 g/mol. The smallest absolute Gasteiger partial charge is 0.218 e.